The first kappa shape index (κ1) is 16.5. The third-order valence-electron chi connectivity index (χ3n) is 5.27. The normalized spacial score (nSPS) is 19.0. The van der Waals surface area contributed by atoms with E-state index in [0.717, 1.165) is 36.2 Å². The number of nitrogens with zero attached hydrogens (tertiary/aromatic N) is 3. The van der Waals surface area contributed by atoms with Gasteiger partial charge in [-0.3, -0.25) is 9.36 Å². The highest BCUT2D eigenvalue weighted by molar-refractivity contribution is 5.88. The van der Waals surface area contributed by atoms with E-state index in [0.29, 0.717) is 6.54 Å². The van der Waals surface area contributed by atoms with Gasteiger partial charge in [0, 0.05) is 25.1 Å². The van der Waals surface area contributed by atoms with Gasteiger partial charge in [0.2, 0.25) is 5.91 Å². The lowest BCUT2D eigenvalue weighted by atomic mass is 9.70. The number of hydrogen-bond donors (Lipinski definition) is 1. The second kappa shape index (κ2) is 6.75. The molecule has 0 spiro atoms. The van der Waals surface area contributed by atoms with Crippen LogP contribution in [0.3, 0.4) is 0 Å². The molecule has 1 aromatic carbocycles. The smallest absolute Gasteiger partial charge is 0.230 e. The molecule has 2 heterocycles. The molecule has 0 radical (unpaired) electrons. The zero-order valence-electron chi connectivity index (χ0n) is 14.9. The van der Waals surface area contributed by atoms with Crippen molar-refractivity contribution in [2.75, 3.05) is 0 Å². The number of amides is 1. The molecule has 5 nitrogen and oxygen atoms in total. The summed E-state index contributed by atoms with van der Waals surface area (Å²) in [6.45, 7) is 2.54. The molecule has 1 amide bonds. The molecule has 132 valence electrons. The van der Waals surface area contributed by atoms with Crippen molar-refractivity contribution in [3.63, 3.8) is 0 Å². The molecule has 0 saturated carbocycles. The van der Waals surface area contributed by atoms with Crippen molar-refractivity contribution in [2.45, 2.75) is 38.1 Å². The van der Waals surface area contributed by atoms with E-state index < -0.39 is 5.41 Å². The molecule has 1 aliphatic rings. The van der Waals surface area contributed by atoms with Gasteiger partial charge in [-0.1, -0.05) is 30.3 Å². The zero-order chi connectivity index (χ0) is 18.0. The third kappa shape index (κ3) is 3.01. The van der Waals surface area contributed by atoms with Gasteiger partial charge in [0.1, 0.15) is 12.1 Å². The first-order valence-corrected chi connectivity index (χ1v) is 8.97. The topological polar surface area (TPSA) is 59.8 Å². The summed E-state index contributed by atoms with van der Waals surface area (Å²) in [5.41, 5.74) is 2.98. The molecule has 3 aromatic rings. The quantitative estimate of drug-likeness (QED) is 0.789. The van der Waals surface area contributed by atoms with Crippen LogP contribution in [0.25, 0.3) is 5.82 Å². The molecule has 1 N–H and O–H groups in total. The lowest BCUT2D eigenvalue weighted by Gasteiger charge is -2.34. The predicted octanol–water partition coefficient (Wildman–Crippen LogP) is 3.18. The Morgan fingerprint density at radius 2 is 2.15 bits per heavy atom. The van der Waals surface area contributed by atoms with Gasteiger partial charge < -0.3 is 5.32 Å². The van der Waals surface area contributed by atoms with Crippen molar-refractivity contribution < 1.29 is 4.79 Å². The summed E-state index contributed by atoms with van der Waals surface area (Å²) in [7, 11) is 0. The number of pyridine rings is 1. The van der Waals surface area contributed by atoms with E-state index in [-0.39, 0.29) is 5.91 Å². The van der Waals surface area contributed by atoms with E-state index in [1.807, 2.05) is 29.0 Å². The molecule has 1 aliphatic carbocycles. The van der Waals surface area contributed by atoms with Gasteiger partial charge in [-0.2, -0.15) is 0 Å². The number of rotatable bonds is 4. The molecule has 26 heavy (non-hydrogen) atoms. The van der Waals surface area contributed by atoms with Crippen LogP contribution in [0.5, 0.6) is 0 Å². The van der Waals surface area contributed by atoms with Gasteiger partial charge >= 0.3 is 0 Å². The van der Waals surface area contributed by atoms with E-state index >= 15 is 0 Å². The van der Waals surface area contributed by atoms with Crippen LogP contribution < -0.4 is 5.32 Å². The highest BCUT2D eigenvalue weighted by Crippen LogP contribution is 2.37. The van der Waals surface area contributed by atoms with Crippen LogP contribution in [0.4, 0.5) is 0 Å². The largest absolute Gasteiger partial charge is 0.351 e. The maximum absolute atomic E-state index is 13.0. The Kier molecular flexibility index (Phi) is 4.29. The van der Waals surface area contributed by atoms with Crippen LogP contribution in [-0.2, 0) is 23.2 Å². The predicted molar refractivity (Wildman–Crippen MR) is 99.9 cm³/mol. The number of benzene rings is 1. The van der Waals surface area contributed by atoms with Crippen molar-refractivity contribution >= 4 is 5.91 Å². The number of fused-ring (bicyclic) bond motifs is 1. The molecule has 0 bridgehead atoms. The van der Waals surface area contributed by atoms with E-state index in [2.05, 4.69) is 40.4 Å². The Labute approximate surface area is 153 Å². The minimum Gasteiger partial charge on any atom is -0.351 e. The standard InChI is InChI=1S/C21H22N4O/c1-21(10-4-6-17-5-2-3-7-18(17)21)20(26)24-14-16-8-9-19(23-13-16)25-12-11-22-15-25/h2-3,5,7-9,11-13,15H,4,6,10,14H2,1H3,(H,24,26)/t21-/m0/s1. The van der Waals surface area contributed by atoms with E-state index in [4.69, 9.17) is 0 Å². The fourth-order valence-electron chi connectivity index (χ4n) is 3.73. The first-order valence-electron chi connectivity index (χ1n) is 8.97. The lowest BCUT2D eigenvalue weighted by Crippen LogP contribution is -2.44. The molecule has 0 unspecified atom stereocenters. The summed E-state index contributed by atoms with van der Waals surface area (Å²) in [6.07, 6.45) is 10.1. The number of aromatic nitrogens is 3. The molecule has 0 aliphatic heterocycles. The maximum atomic E-state index is 13.0. The van der Waals surface area contributed by atoms with Crippen molar-refractivity contribution in [1.29, 1.82) is 0 Å². The molecule has 2 aromatic heterocycles. The minimum absolute atomic E-state index is 0.0864. The minimum atomic E-state index is -0.459. The Balaban J connectivity index is 1.46. The summed E-state index contributed by atoms with van der Waals surface area (Å²) in [5, 5.41) is 3.11. The summed E-state index contributed by atoms with van der Waals surface area (Å²) >= 11 is 0. The van der Waals surface area contributed by atoms with Gasteiger partial charge in [0.15, 0.2) is 0 Å². The Hall–Kier alpha value is -2.95. The Morgan fingerprint density at radius 3 is 2.92 bits per heavy atom. The second-order valence-corrected chi connectivity index (χ2v) is 7.02. The number of aryl methyl sites for hydroxylation is 1. The molecule has 1 atom stereocenters. The molecule has 5 heteroatoms. The SMILES string of the molecule is C[C@]1(C(=O)NCc2ccc(-n3ccnc3)nc2)CCCc2ccccc21. The van der Waals surface area contributed by atoms with Crippen LogP contribution in [0.1, 0.15) is 36.5 Å². The molecule has 0 saturated heterocycles. The summed E-state index contributed by atoms with van der Waals surface area (Å²) in [6, 6.07) is 12.2. The zero-order valence-corrected chi connectivity index (χ0v) is 14.9. The summed E-state index contributed by atoms with van der Waals surface area (Å²) < 4.78 is 1.85. The van der Waals surface area contributed by atoms with Crippen molar-refractivity contribution in [2.24, 2.45) is 0 Å². The van der Waals surface area contributed by atoms with Gasteiger partial charge in [0.25, 0.3) is 0 Å². The molecular weight excluding hydrogens is 324 g/mol. The van der Waals surface area contributed by atoms with Gasteiger partial charge in [-0.05, 0) is 48.9 Å². The van der Waals surface area contributed by atoms with Crippen LogP contribution in [0, 0.1) is 0 Å². The van der Waals surface area contributed by atoms with E-state index in [1.54, 1.807) is 18.7 Å². The fraction of sp³-hybridized carbons (Fsp3) is 0.286. The second-order valence-electron chi connectivity index (χ2n) is 7.02. The van der Waals surface area contributed by atoms with Crippen LogP contribution in [-0.4, -0.2) is 20.4 Å². The van der Waals surface area contributed by atoms with E-state index in [9.17, 15) is 4.79 Å². The molecule has 0 fully saturated rings. The maximum Gasteiger partial charge on any atom is 0.230 e. The van der Waals surface area contributed by atoms with Gasteiger partial charge in [0.05, 0.1) is 5.41 Å². The molecular formula is C21H22N4O. The number of carbonyl (C=O) groups excluding carboxylic acids is 1. The van der Waals surface area contributed by atoms with Crippen molar-refractivity contribution in [3.05, 3.63) is 78.0 Å². The van der Waals surface area contributed by atoms with Crippen LogP contribution >= 0.6 is 0 Å². The lowest BCUT2D eigenvalue weighted by molar-refractivity contribution is -0.126. The highest BCUT2D eigenvalue weighted by atomic mass is 16.2. The fourth-order valence-corrected chi connectivity index (χ4v) is 3.73. The Bertz CT molecular complexity index is 902. The Morgan fingerprint density at radius 1 is 1.27 bits per heavy atom. The number of imidazole rings is 1. The van der Waals surface area contributed by atoms with Crippen molar-refractivity contribution in [1.82, 2.24) is 19.9 Å². The number of carbonyl (C=O) groups is 1. The molecule has 4 rings (SSSR count). The van der Waals surface area contributed by atoms with Gasteiger partial charge in [-0.25, -0.2) is 9.97 Å². The summed E-state index contributed by atoms with van der Waals surface area (Å²) in [4.78, 5) is 21.4. The van der Waals surface area contributed by atoms with Crippen LogP contribution in [0.15, 0.2) is 61.3 Å². The monoisotopic (exact) mass is 346 g/mol. The average Bonchev–Trinajstić information content (AvgIpc) is 3.22. The van der Waals surface area contributed by atoms with E-state index in [1.165, 1.54) is 5.56 Å². The third-order valence-corrected chi connectivity index (χ3v) is 5.27. The number of nitrogens with one attached hydrogen (secondary N) is 1. The highest BCUT2D eigenvalue weighted by Gasteiger charge is 2.38. The van der Waals surface area contributed by atoms with Crippen molar-refractivity contribution in [3.8, 4) is 5.82 Å². The van der Waals surface area contributed by atoms with Crippen LogP contribution in [0.2, 0.25) is 0 Å². The average molecular weight is 346 g/mol. The summed E-state index contributed by atoms with van der Waals surface area (Å²) in [5.74, 6) is 0.897. The number of hydrogen-bond acceptors (Lipinski definition) is 3. The first-order chi connectivity index (χ1) is 12.7. The van der Waals surface area contributed by atoms with Gasteiger partial charge in [-0.15, -0.1) is 0 Å².